The summed E-state index contributed by atoms with van der Waals surface area (Å²) >= 11 is 22.1. The van der Waals surface area contributed by atoms with Crippen LogP contribution in [0.25, 0.3) is 33.5 Å². The van der Waals surface area contributed by atoms with Crippen molar-refractivity contribution >= 4 is 78.8 Å². The van der Waals surface area contributed by atoms with Gasteiger partial charge in [-0.25, -0.2) is 4.98 Å². The summed E-state index contributed by atoms with van der Waals surface area (Å²) < 4.78 is 14.0. The van der Waals surface area contributed by atoms with E-state index in [1.165, 1.54) is 10.9 Å². The molecule has 0 radical (unpaired) electrons. The van der Waals surface area contributed by atoms with E-state index in [1.807, 2.05) is 42.5 Å². The van der Waals surface area contributed by atoms with Crippen LogP contribution in [0.4, 0.5) is 0 Å². The highest BCUT2D eigenvalue weighted by atomic mass is 79.9. The summed E-state index contributed by atoms with van der Waals surface area (Å²) in [6.07, 6.45) is 1.50. The Morgan fingerprint density at radius 1 is 0.950 bits per heavy atom. The minimum absolute atomic E-state index is 0.208. The zero-order valence-electron chi connectivity index (χ0n) is 20.4. The SMILES string of the molecule is O=c1c2ccccc2nc(-c2cc3ccccc3o2)n1N=Cc1cc(Cl)cc(Br)c1OCc1ccc(Cl)c(Cl)c1. The molecule has 0 aliphatic rings. The molecule has 6 rings (SSSR count). The van der Waals surface area contributed by atoms with Gasteiger partial charge in [-0.3, -0.25) is 4.79 Å². The first kappa shape index (κ1) is 26.6. The third-order valence-corrected chi connectivity index (χ3v) is 7.66. The minimum Gasteiger partial charge on any atom is -0.487 e. The van der Waals surface area contributed by atoms with Crippen molar-refractivity contribution in [2.45, 2.75) is 6.61 Å². The maximum atomic E-state index is 13.6. The number of aromatic nitrogens is 2. The van der Waals surface area contributed by atoms with Crippen LogP contribution in [0.5, 0.6) is 5.75 Å². The molecule has 6 nitrogen and oxygen atoms in total. The summed E-state index contributed by atoms with van der Waals surface area (Å²) in [7, 11) is 0. The molecule has 10 heteroatoms. The smallest absolute Gasteiger partial charge is 0.282 e. The molecule has 0 fully saturated rings. The maximum Gasteiger partial charge on any atom is 0.282 e. The van der Waals surface area contributed by atoms with Crippen LogP contribution in [0.15, 0.2) is 104 Å². The van der Waals surface area contributed by atoms with Gasteiger partial charge in [-0.15, -0.1) is 0 Å². The molecule has 0 saturated carbocycles. The van der Waals surface area contributed by atoms with E-state index in [0.717, 1.165) is 10.9 Å². The van der Waals surface area contributed by atoms with Crippen LogP contribution in [0.3, 0.4) is 0 Å². The van der Waals surface area contributed by atoms with E-state index < -0.39 is 0 Å². The van der Waals surface area contributed by atoms with Crippen LogP contribution in [0, 0.1) is 0 Å². The number of rotatable bonds is 6. The summed E-state index contributed by atoms with van der Waals surface area (Å²) in [4.78, 5) is 18.4. The van der Waals surface area contributed by atoms with Crippen molar-refractivity contribution in [3.05, 3.63) is 126 Å². The van der Waals surface area contributed by atoms with Crippen molar-refractivity contribution in [2.75, 3.05) is 0 Å². The van der Waals surface area contributed by atoms with Gasteiger partial charge in [0.1, 0.15) is 17.9 Å². The van der Waals surface area contributed by atoms with Gasteiger partial charge in [-0.05, 0) is 70.0 Å². The van der Waals surface area contributed by atoms with E-state index >= 15 is 0 Å². The van der Waals surface area contributed by atoms with Gasteiger partial charge < -0.3 is 9.15 Å². The summed E-state index contributed by atoms with van der Waals surface area (Å²) in [6, 6.07) is 25.2. The number of ether oxygens (including phenoxy) is 1. The molecule has 0 aliphatic heterocycles. The molecule has 6 aromatic rings. The van der Waals surface area contributed by atoms with E-state index in [9.17, 15) is 4.79 Å². The molecule has 198 valence electrons. The summed E-state index contributed by atoms with van der Waals surface area (Å²) in [5, 5.41) is 7.20. The molecule has 2 aromatic heterocycles. The van der Waals surface area contributed by atoms with Crippen LogP contribution in [0.1, 0.15) is 11.1 Å². The fourth-order valence-corrected chi connectivity index (χ4v) is 5.48. The average Bonchev–Trinajstić information content (AvgIpc) is 3.38. The topological polar surface area (TPSA) is 69.6 Å². The number of furan rings is 1. The highest BCUT2D eigenvalue weighted by molar-refractivity contribution is 9.10. The number of nitrogens with zero attached hydrogens (tertiary/aromatic N) is 3. The Morgan fingerprint density at radius 2 is 1.75 bits per heavy atom. The molecule has 0 spiro atoms. The lowest BCUT2D eigenvalue weighted by molar-refractivity contribution is 0.304. The van der Waals surface area contributed by atoms with E-state index in [1.54, 1.807) is 42.5 Å². The van der Waals surface area contributed by atoms with Gasteiger partial charge in [-0.2, -0.15) is 9.78 Å². The summed E-state index contributed by atoms with van der Waals surface area (Å²) in [5.41, 5.74) is 2.21. The number of hydrogen-bond acceptors (Lipinski definition) is 5. The molecule has 0 N–H and O–H groups in total. The molecule has 2 heterocycles. The number of para-hydroxylation sites is 2. The second kappa shape index (κ2) is 11.1. The highest BCUT2D eigenvalue weighted by Gasteiger charge is 2.17. The third-order valence-electron chi connectivity index (χ3n) is 6.12. The van der Waals surface area contributed by atoms with Crippen molar-refractivity contribution in [2.24, 2.45) is 5.10 Å². The van der Waals surface area contributed by atoms with Crippen molar-refractivity contribution in [1.82, 2.24) is 9.66 Å². The van der Waals surface area contributed by atoms with Gasteiger partial charge in [0.15, 0.2) is 5.76 Å². The first-order chi connectivity index (χ1) is 19.4. The summed E-state index contributed by atoms with van der Waals surface area (Å²) in [5.74, 6) is 1.14. The minimum atomic E-state index is -0.350. The Bertz CT molecular complexity index is 1970. The molecule has 0 saturated heterocycles. The van der Waals surface area contributed by atoms with Crippen molar-refractivity contribution in [3.63, 3.8) is 0 Å². The van der Waals surface area contributed by atoms with Crippen molar-refractivity contribution in [1.29, 1.82) is 0 Å². The number of fused-ring (bicyclic) bond motifs is 2. The van der Waals surface area contributed by atoms with Crippen LogP contribution in [-0.2, 0) is 6.61 Å². The molecule has 40 heavy (non-hydrogen) atoms. The van der Waals surface area contributed by atoms with Gasteiger partial charge in [0.05, 0.1) is 31.6 Å². The first-order valence-electron chi connectivity index (χ1n) is 12.0. The normalized spacial score (nSPS) is 11.6. The average molecular weight is 654 g/mol. The fourth-order valence-electron chi connectivity index (χ4n) is 4.22. The van der Waals surface area contributed by atoms with Gasteiger partial charge in [0.2, 0.25) is 5.82 Å². The van der Waals surface area contributed by atoms with Crippen LogP contribution in [0.2, 0.25) is 15.1 Å². The van der Waals surface area contributed by atoms with Gasteiger partial charge in [0.25, 0.3) is 5.56 Å². The Labute approximate surface area is 251 Å². The lowest BCUT2D eigenvalue weighted by atomic mass is 10.2. The molecule has 0 bridgehead atoms. The number of benzene rings is 4. The highest BCUT2D eigenvalue weighted by Crippen LogP contribution is 2.33. The predicted molar refractivity (Wildman–Crippen MR) is 164 cm³/mol. The second-order valence-electron chi connectivity index (χ2n) is 8.81. The summed E-state index contributed by atoms with van der Waals surface area (Å²) in [6.45, 7) is 0.208. The second-order valence-corrected chi connectivity index (χ2v) is 10.9. The quantitative estimate of drug-likeness (QED) is 0.168. The van der Waals surface area contributed by atoms with Gasteiger partial charge in [0, 0.05) is 16.0 Å². The van der Waals surface area contributed by atoms with Crippen LogP contribution < -0.4 is 10.3 Å². The van der Waals surface area contributed by atoms with Crippen LogP contribution in [-0.4, -0.2) is 15.9 Å². The molecular weight excluding hydrogens is 637 g/mol. The van der Waals surface area contributed by atoms with Gasteiger partial charge >= 0.3 is 0 Å². The fraction of sp³-hybridized carbons (Fsp3) is 0.0333. The predicted octanol–water partition coefficient (Wildman–Crippen LogP) is 8.99. The molecule has 0 aliphatic carbocycles. The van der Waals surface area contributed by atoms with E-state index in [-0.39, 0.29) is 18.0 Å². The molecule has 0 unspecified atom stereocenters. The van der Waals surface area contributed by atoms with Crippen molar-refractivity contribution in [3.8, 4) is 17.3 Å². The Morgan fingerprint density at radius 3 is 2.58 bits per heavy atom. The maximum absolute atomic E-state index is 13.6. The molecule has 0 atom stereocenters. The Hall–Kier alpha value is -3.62. The van der Waals surface area contributed by atoms with Crippen LogP contribution >= 0.6 is 50.7 Å². The monoisotopic (exact) mass is 651 g/mol. The van der Waals surface area contributed by atoms with Gasteiger partial charge in [-0.1, -0.05) is 71.2 Å². The Kier molecular flexibility index (Phi) is 7.38. The largest absolute Gasteiger partial charge is 0.487 e. The van der Waals surface area contributed by atoms with E-state index in [2.05, 4.69) is 21.0 Å². The first-order valence-corrected chi connectivity index (χ1v) is 13.9. The lowest BCUT2D eigenvalue weighted by Gasteiger charge is -2.13. The zero-order valence-corrected chi connectivity index (χ0v) is 24.3. The molecular formula is C30H17BrCl3N3O3. The number of hydrogen-bond donors (Lipinski definition) is 0. The standard InChI is InChI=1S/C30H17BrCl3N3O3/c31-22-14-20(32)12-19(28(22)39-16-17-9-10-23(33)24(34)11-17)15-35-37-29(27-13-18-5-1-4-8-26(18)40-27)36-25-7-3-2-6-21(25)30(37)38/h1-15H,16H2. The van der Waals surface area contributed by atoms with E-state index in [0.29, 0.717) is 53.1 Å². The molecule has 4 aromatic carbocycles. The lowest BCUT2D eigenvalue weighted by Crippen LogP contribution is -2.20. The number of halogens is 4. The molecule has 0 amide bonds. The van der Waals surface area contributed by atoms with Crippen molar-refractivity contribution < 1.29 is 9.15 Å². The van der Waals surface area contributed by atoms with E-state index in [4.69, 9.17) is 48.9 Å². The zero-order chi connectivity index (χ0) is 27.8. The Balaban J connectivity index is 1.45. The third kappa shape index (κ3) is 5.25.